The molecule has 1 atom stereocenters. The molecule has 4 fully saturated rings. The third-order valence-corrected chi connectivity index (χ3v) is 6.34. The number of methoxy groups -OCH3 is 1. The van der Waals surface area contributed by atoms with E-state index in [1.54, 1.807) is 13.3 Å². The van der Waals surface area contributed by atoms with Crippen molar-refractivity contribution in [1.29, 1.82) is 0 Å². The Hall–Kier alpha value is -1.03. The van der Waals surface area contributed by atoms with Crippen LogP contribution in [0.15, 0.2) is 6.20 Å². The SMILES string of the molecule is COc1cnn(C)c1C(N)CC12CC3CC(CC(C3)C1)C2. The van der Waals surface area contributed by atoms with Crippen molar-refractivity contribution >= 4 is 0 Å². The molecule has 4 saturated carbocycles. The molecule has 4 heteroatoms. The fourth-order valence-electron chi connectivity index (χ4n) is 6.11. The molecule has 0 radical (unpaired) electrons. The zero-order valence-corrected chi connectivity index (χ0v) is 13.2. The monoisotopic (exact) mass is 289 g/mol. The van der Waals surface area contributed by atoms with Gasteiger partial charge in [-0.3, -0.25) is 4.68 Å². The van der Waals surface area contributed by atoms with Crippen LogP contribution < -0.4 is 10.5 Å². The molecule has 1 aromatic rings. The quantitative estimate of drug-likeness (QED) is 0.927. The van der Waals surface area contributed by atoms with Crippen molar-refractivity contribution in [1.82, 2.24) is 9.78 Å². The molecule has 5 rings (SSSR count). The largest absolute Gasteiger partial charge is 0.493 e. The van der Waals surface area contributed by atoms with Crippen LogP contribution in [0, 0.1) is 23.2 Å². The van der Waals surface area contributed by atoms with E-state index >= 15 is 0 Å². The van der Waals surface area contributed by atoms with Crippen molar-refractivity contribution in [2.24, 2.45) is 36.0 Å². The van der Waals surface area contributed by atoms with Gasteiger partial charge in [-0.1, -0.05) is 0 Å². The molecule has 0 aliphatic heterocycles. The van der Waals surface area contributed by atoms with Gasteiger partial charge < -0.3 is 10.5 Å². The summed E-state index contributed by atoms with van der Waals surface area (Å²) in [4.78, 5) is 0. The molecule has 21 heavy (non-hydrogen) atoms. The number of nitrogens with two attached hydrogens (primary N) is 1. The maximum absolute atomic E-state index is 6.60. The van der Waals surface area contributed by atoms with Crippen LogP contribution in [0.2, 0.25) is 0 Å². The average Bonchev–Trinajstić information content (AvgIpc) is 2.77. The van der Waals surface area contributed by atoms with E-state index in [1.807, 2.05) is 11.7 Å². The molecule has 4 aliphatic carbocycles. The highest BCUT2D eigenvalue weighted by molar-refractivity contribution is 5.28. The molecule has 0 spiro atoms. The fourth-order valence-corrected chi connectivity index (χ4v) is 6.11. The van der Waals surface area contributed by atoms with E-state index in [9.17, 15) is 0 Å². The molecule has 116 valence electrons. The van der Waals surface area contributed by atoms with Crippen molar-refractivity contribution in [3.63, 3.8) is 0 Å². The van der Waals surface area contributed by atoms with Crippen LogP contribution in [-0.4, -0.2) is 16.9 Å². The number of nitrogens with zero attached hydrogens (tertiary/aromatic N) is 2. The van der Waals surface area contributed by atoms with Crippen molar-refractivity contribution < 1.29 is 4.74 Å². The van der Waals surface area contributed by atoms with Gasteiger partial charge in [0.2, 0.25) is 0 Å². The van der Waals surface area contributed by atoms with Gasteiger partial charge in [0.15, 0.2) is 5.75 Å². The Morgan fingerprint density at radius 3 is 2.38 bits per heavy atom. The van der Waals surface area contributed by atoms with Gasteiger partial charge in [-0.15, -0.1) is 0 Å². The van der Waals surface area contributed by atoms with Crippen LogP contribution in [0.3, 0.4) is 0 Å². The normalized spacial score (nSPS) is 38.7. The summed E-state index contributed by atoms with van der Waals surface area (Å²) in [5.74, 6) is 3.79. The Morgan fingerprint density at radius 1 is 1.29 bits per heavy atom. The lowest BCUT2D eigenvalue weighted by Gasteiger charge is -2.57. The molecule has 0 aromatic carbocycles. The fraction of sp³-hybridized carbons (Fsp3) is 0.824. The number of hydrogen-bond donors (Lipinski definition) is 1. The highest BCUT2D eigenvalue weighted by atomic mass is 16.5. The third-order valence-electron chi connectivity index (χ3n) is 6.34. The maximum atomic E-state index is 6.60. The first kappa shape index (κ1) is 13.6. The van der Waals surface area contributed by atoms with E-state index in [0.717, 1.165) is 35.6 Å². The number of aromatic nitrogens is 2. The van der Waals surface area contributed by atoms with Gasteiger partial charge in [0.25, 0.3) is 0 Å². The van der Waals surface area contributed by atoms with Gasteiger partial charge in [-0.2, -0.15) is 5.10 Å². The van der Waals surface area contributed by atoms with Gasteiger partial charge in [0.05, 0.1) is 25.0 Å². The second-order valence-corrected chi connectivity index (χ2v) is 7.95. The van der Waals surface area contributed by atoms with Crippen molar-refractivity contribution in [3.05, 3.63) is 11.9 Å². The molecule has 1 aromatic heterocycles. The lowest BCUT2D eigenvalue weighted by Crippen LogP contribution is -2.47. The highest BCUT2D eigenvalue weighted by Crippen LogP contribution is 2.62. The Labute approximate surface area is 127 Å². The van der Waals surface area contributed by atoms with Gasteiger partial charge in [0, 0.05) is 7.05 Å². The Morgan fingerprint density at radius 2 is 1.86 bits per heavy atom. The van der Waals surface area contributed by atoms with Crippen LogP contribution in [-0.2, 0) is 7.05 Å². The van der Waals surface area contributed by atoms with Crippen molar-refractivity contribution in [2.45, 2.75) is 51.0 Å². The minimum atomic E-state index is 0.0451. The van der Waals surface area contributed by atoms with Crippen LogP contribution in [0.5, 0.6) is 5.75 Å². The molecule has 4 bridgehead atoms. The minimum Gasteiger partial charge on any atom is -0.493 e. The summed E-state index contributed by atoms with van der Waals surface area (Å²) in [5.41, 5.74) is 8.16. The van der Waals surface area contributed by atoms with Crippen molar-refractivity contribution in [2.75, 3.05) is 7.11 Å². The van der Waals surface area contributed by atoms with Gasteiger partial charge >= 0.3 is 0 Å². The number of hydrogen-bond acceptors (Lipinski definition) is 3. The topological polar surface area (TPSA) is 53.1 Å². The van der Waals surface area contributed by atoms with Crippen LogP contribution >= 0.6 is 0 Å². The van der Waals surface area contributed by atoms with Crippen LogP contribution in [0.25, 0.3) is 0 Å². The summed E-state index contributed by atoms with van der Waals surface area (Å²) in [6.45, 7) is 0. The molecule has 1 heterocycles. The molecule has 4 aliphatic rings. The summed E-state index contributed by atoms with van der Waals surface area (Å²) in [7, 11) is 3.68. The highest BCUT2D eigenvalue weighted by Gasteiger charge is 2.51. The first-order valence-electron chi connectivity index (χ1n) is 8.40. The number of aryl methyl sites for hydroxylation is 1. The van der Waals surface area contributed by atoms with E-state index in [2.05, 4.69) is 5.10 Å². The lowest BCUT2D eigenvalue weighted by molar-refractivity contribution is -0.0608. The average molecular weight is 289 g/mol. The molecule has 0 saturated heterocycles. The van der Waals surface area contributed by atoms with E-state index in [0.29, 0.717) is 5.41 Å². The molecular weight excluding hydrogens is 262 g/mol. The second-order valence-electron chi connectivity index (χ2n) is 7.95. The van der Waals surface area contributed by atoms with E-state index < -0.39 is 0 Å². The molecule has 1 unspecified atom stereocenters. The summed E-state index contributed by atoms with van der Waals surface area (Å²) >= 11 is 0. The zero-order chi connectivity index (χ0) is 14.6. The van der Waals surface area contributed by atoms with E-state index in [1.165, 1.54) is 38.5 Å². The predicted octanol–water partition coefficient (Wildman–Crippen LogP) is 3.04. The Balaban J connectivity index is 1.56. The second kappa shape index (κ2) is 4.73. The summed E-state index contributed by atoms with van der Waals surface area (Å²) < 4.78 is 7.34. The smallest absolute Gasteiger partial charge is 0.161 e. The molecule has 2 N–H and O–H groups in total. The van der Waals surface area contributed by atoms with Gasteiger partial charge in [-0.25, -0.2) is 0 Å². The first-order chi connectivity index (χ1) is 10.1. The molecular formula is C17H27N3O. The van der Waals surface area contributed by atoms with Crippen LogP contribution in [0.1, 0.15) is 56.7 Å². The molecule has 0 amide bonds. The maximum Gasteiger partial charge on any atom is 0.161 e. The lowest BCUT2D eigenvalue weighted by atomic mass is 9.48. The third kappa shape index (κ3) is 2.19. The Kier molecular flexibility index (Phi) is 3.07. The minimum absolute atomic E-state index is 0.0451. The molecule has 4 nitrogen and oxygen atoms in total. The van der Waals surface area contributed by atoms with E-state index in [-0.39, 0.29) is 6.04 Å². The summed E-state index contributed by atoms with van der Waals surface area (Å²) in [6, 6.07) is 0.0451. The standard InChI is InChI=1S/C17H27N3O/c1-20-16(15(21-2)10-19-20)14(18)9-17-6-11-3-12(7-17)5-13(4-11)8-17/h10-14H,3-9,18H2,1-2H3. The van der Waals surface area contributed by atoms with Gasteiger partial charge in [-0.05, 0) is 68.1 Å². The van der Waals surface area contributed by atoms with Crippen molar-refractivity contribution in [3.8, 4) is 5.75 Å². The number of rotatable bonds is 4. The predicted molar refractivity (Wildman–Crippen MR) is 81.9 cm³/mol. The first-order valence-corrected chi connectivity index (χ1v) is 8.40. The number of ether oxygens (including phenoxy) is 1. The zero-order valence-electron chi connectivity index (χ0n) is 13.2. The summed E-state index contributed by atoms with van der Waals surface area (Å²) in [6.07, 6.45) is 11.6. The van der Waals surface area contributed by atoms with Gasteiger partial charge in [0.1, 0.15) is 0 Å². The van der Waals surface area contributed by atoms with Crippen LogP contribution in [0.4, 0.5) is 0 Å². The Bertz CT molecular complexity index is 501. The summed E-state index contributed by atoms with van der Waals surface area (Å²) in [5, 5.41) is 4.31. The van der Waals surface area contributed by atoms with E-state index in [4.69, 9.17) is 10.5 Å².